The molecule has 0 atom stereocenters. The van der Waals surface area contributed by atoms with E-state index in [1.54, 1.807) is 6.08 Å². The highest BCUT2D eigenvalue weighted by Crippen LogP contribution is 1.81. The first-order valence-corrected chi connectivity index (χ1v) is 10.2. The van der Waals surface area contributed by atoms with Crippen molar-refractivity contribution in [1.29, 1.82) is 0 Å². The van der Waals surface area contributed by atoms with Crippen molar-refractivity contribution < 1.29 is 0 Å². The molecule has 0 amide bonds. The molecule has 0 radical (unpaired) electrons. The fraction of sp³-hybridized carbons (Fsp3) is 0.826. The molecule has 0 heteroatoms. The lowest BCUT2D eigenvalue weighted by Gasteiger charge is -1.79. The van der Waals surface area contributed by atoms with E-state index in [1.165, 1.54) is 0 Å². The van der Waals surface area contributed by atoms with Gasteiger partial charge in [0, 0.05) is 0 Å². The van der Waals surface area contributed by atoms with Gasteiger partial charge in [-0.3, -0.25) is 0 Å². The van der Waals surface area contributed by atoms with Gasteiger partial charge in [-0.25, -0.2) is 0 Å². The van der Waals surface area contributed by atoms with E-state index >= 15 is 0 Å². The molecule has 0 aromatic carbocycles. The summed E-state index contributed by atoms with van der Waals surface area (Å²) in [5, 5.41) is 0. The fourth-order valence-corrected chi connectivity index (χ4v) is 0. The Hall–Kier alpha value is -0.520. The molecule has 0 heterocycles. The second-order valence-corrected chi connectivity index (χ2v) is 2.81. The molecule has 0 aliphatic rings. The smallest absolute Gasteiger partial charge is 0.0470 e. The third-order valence-corrected chi connectivity index (χ3v) is 0.333. The van der Waals surface area contributed by atoms with Gasteiger partial charge in [0.1, 0.15) is 0 Å². The Kier molecular flexibility index (Phi) is 745. The predicted molar refractivity (Wildman–Crippen MR) is 125 cm³/mol. The van der Waals surface area contributed by atoms with Crippen LogP contribution in [-0.2, 0) is 0 Å². The van der Waals surface area contributed by atoms with Gasteiger partial charge in [-0.1, -0.05) is 122 Å². The van der Waals surface area contributed by atoms with Crippen LogP contribution in [0, 0.1) is 5.92 Å². The molecule has 0 saturated carbocycles. The van der Waals surface area contributed by atoms with Gasteiger partial charge < -0.3 is 0 Å². The van der Waals surface area contributed by atoms with E-state index in [0.717, 1.165) is 5.92 Å². The Bertz CT molecular complexity index is 61.4. The maximum atomic E-state index is 3.36. The zero-order valence-electron chi connectivity index (χ0n) is 21.0. The lowest BCUT2D eigenvalue weighted by molar-refractivity contribution is 0.737. The van der Waals surface area contributed by atoms with Crippen molar-refractivity contribution in [3.8, 4) is 0 Å². The Morgan fingerprint density at radius 3 is 0.522 bits per heavy atom. The largest absolute Gasteiger partial charge is 0.103 e. The Morgan fingerprint density at radius 1 is 0.478 bits per heavy atom. The van der Waals surface area contributed by atoms with Crippen LogP contribution in [-0.4, -0.2) is 0 Å². The summed E-state index contributed by atoms with van der Waals surface area (Å²) in [4.78, 5) is 0. The number of hydrogen-bond donors (Lipinski definition) is 0. The molecule has 152 valence electrons. The van der Waals surface area contributed by atoms with Gasteiger partial charge in [-0.2, -0.15) is 0 Å². The minimum atomic E-state index is 0.833. The van der Waals surface area contributed by atoms with E-state index in [9.17, 15) is 0 Å². The number of allylic oxidation sites excluding steroid dienone is 3. The SMILES string of the molecule is C/C=C/C.C=CC.CC.CC.CC.CC.CC.CC.CC(C)C. The van der Waals surface area contributed by atoms with Crippen molar-refractivity contribution >= 4 is 0 Å². The normalized spacial score (nSPS) is 5.35. The molecular weight excluding hydrogens is 276 g/mol. The maximum Gasteiger partial charge on any atom is -0.0470 e. The minimum absolute atomic E-state index is 0.833. The molecule has 0 nitrogen and oxygen atoms in total. The third-order valence-electron chi connectivity index (χ3n) is 0.333. The number of rotatable bonds is 0. The zero-order chi connectivity index (χ0) is 21.7. The predicted octanol–water partition coefficient (Wildman–Crippen LogP) is 10.6. The first kappa shape index (κ1) is 57.1. The van der Waals surface area contributed by atoms with E-state index < -0.39 is 0 Å². The summed E-state index contributed by atoms with van der Waals surface area (Å²) < 4.78 is 0. The highest BCUT2D eigenvalue weighted by molar-refractivity contribution is 4.68. The van der Waals surface area contributed by atoms with Crippen LogP contribution in [0.5, 0.6) is 0 Å². The topological polar surface area (TPSA) is 0 Å². The average Bonchev–Trinajstić information content (AvgIpc) is 2.65. The van der Waals surface area contributed by atoms with Gasteiger partial charge in [0.25, 0.3) is 0 Å². The van der Waals surface area contributed by atoms with Crippen LogP contribution in [0.1, 0.15) is 125 Å². The van der Waals surface area contributed by atoms with Crippen LogP contribution in [0.3, 0.4) is 0 Å². The summed E-state index contributed by atoms with van der Waals surface area (Å²) in [6.07, 6.45) is 5.75. The van der Waals surface area contributed by atoms with Crippen molar-refractivity contribution in [3.05, 3.63) is 24.8 Å². The average molecular weight is 337 g/mol. The summed E-state index contributed by atoms with van der Waals surface area (Å²) in [5.74, 6) is 0.833. The van der Waals surface area contributed by atoms with Crippen LogP contribution in [0.25, 0.3) is 0 Å². The van der Waals surface area contributed by atoms with Gasteiger partial charge in [0.15, 0.2) is 0 Å². The van der Waals surface area contributed by atoms with Crippen molar-refractivity contribution in [2.75, 3.05) is 0 Å². The standard InChI is InChI=1S/C4H10.C4H8.C3H6.6C2H6/c1-4(2)3;1-3-4-2;1-3-2;6*1-2/h4H,1-3H3;3-4H,1-2H3;3H,1H2,2H3;6*1-2H3/b;4-3+;;;;;;;. The molecule has 0 unspecified atom stereocenters. The third kappa shape index (κ3) is 35400. The molecule has 0 aliphatic heterocycles. The molecule has 0 N–H and O–H groups in total. The van der Waals surface area contributed by atoms with Gasteiger partial charge in [-0.15, -0.1) is 6.58 Å². The second-order valence-electron chi connectivity index (χ2n) is 2.81. The Morgan fingerprint density at radius 2 is 0.522 bits per heavy atom. The van der Waals surface area contributed by atoms with Gasteiger partial charge in [-0.05, 0) is 26.7 Å². The van der Waals surface area contributed by atoms with Crippen LogP contribution in [0.2, 0.25) is 0 Å². The van der Waals surface area contributed by atoms with E-state index in [-0.39, 0.29) is 0 Å². The van der Waals surface area contributed by atoms with Crippen molar-refractivity contribution in [3.63, 3.8) is 0 Å². The molecule has 0 aromatic rings. The second kappa shape index (κ2) is 300. The molecular formula is C23H60. The lowest BCUT2D eigenvalue weighted by Crippen LogP contribution is -1.66. The molecule has 0 saturated heterocycles. The quantitative estimate of drug-likeness (QED) is 0.386. The summed E-state index contributed by atoms with van der Waals surface area (Å²) >= 11 is 0. The molecule has 0 rings (SSSR count). The molecule has 0 bridgehead atoms. The summed E-state index contributed by atoms with van der Waals surface area (Å²) in [7, 11) is 0. The van der Waals surface area contributed by atoms with Crippen molar-refractivity contribution in [1.82, 2.24) is 0 Å². The first-order chi connectivity index (χ1) is 11.1. The maximum absolute atomic E-state index is 3.36. The number of hydrogen-bond acceptors (Lipinski definition) is 0. The first-order valence-electron chi connectivity index (χ1n) is 10.2. The van der Waals surface area contributed by atoms with Crippen molar-refractivity contribution in [2.24, 2.45) is 5.92 Å². The lowest BCUT2D eigenvalue weighted by atomic mass is 10.3. The highest BCUT2D eigenvalue weighted by atomic mass is 13.7. The van der Waals surface area contributed by atoms with E-state index in [0.29, 0.717) is 0 Å². The molecule has 0 aromatic heterocycles. The van der Waals surface area contributed by atoms with Crippen LogP contribution >= 0.6 is 0 Å². The molecule has 0 spiro atoms. The van der Waals surface area contributed by atoms with Crippen LogP contribution in [0.4, 0.5) is 0 Å². The summed E-state index contributed by atoms with van der Waals surface area (Å²) in [6.45, 7) is 39.7. The molecule has 23 heavy (non-hydrogen) atoms. The van der Waals surface area contributed by atoms with Crippen LogP contribution in [0.15, 0.2) is 24.8 Å². The van der Waals surface area contributed by atoms with E-state index in [4.69, 9.17) is 0 Å². The van der Waals surface area contributed by atoms with Crippen LogP contribution < -0.4 is 0 Å². The van der Waals surface area contributed by atoms with Gasteiger partial charge >= 0.3 is 0 Å². The van der Waals surface area contributed by atoms with E-state index in [2.05, 4.69) is 27.4 Å². The van der Waals surface area contributed by atoms with Gasteiger partial charge in [0.2, 0.25) is 0 Å². The van der Waals surface area contributed by atoms with E-state index in [1.807, 2.05) is 116 Å². The monoisotopic (exact) mass is 336 g/mol. The molecule has 0 aliphatic carbocycles. The Labute approximate surface area is 155 Å². The fourth-order valence-electron chi connectivity index (χ4n) is 0. The minimum Gasteiger partial charge on any atom is -0.103 e. The summed E-state index contributed by atoms with van der Waals surface area (Å²) in [6, 6.07) is 0. The molecule has 0 fully saturated rings. The van der Waals surface area contributed by atoms with Gasteiger partial charge in [0.05, 0.1) is 0 Å². The zero-order valence-corrected chi connectivity index (χ0v) is 21.0. The Balaban J connectivity index is -0.0000000140. The summed E-state index contributed by atoms with van der Waals surface area (Å²) in [5.41, 5.74) is 0. The van der Waals surface area contributed by atoms with Crippen molar-refractivity contribution in [2.45, 2.75) is 125 Å². The highest BCUT2D eigenvalue weighted by Gasteiger charge is 1.68.